The predicted octanol–water partition coefficient (Wildman–Crippen LogP) is 10.7. The molecule has 3 atom stereocenters. The van der Waals surface area contributed by atoms with Gasteiger partial charge in [-0.3, -0.25) is 23.5 Å². The number of aromatic nitrogens is 12. The lowest BCUT2D eigenvalue weighted by Crippen LogP contribution is -2.72. The van der Waals surface area contributed by atoms with Crippen LogP contribution in [-0.4, -0.2) is 218 Å². The number of carbonyl (C=O) groups excluding carboxylic acids is 5. The zero-order valence-electron chi connectivity index (χ0n) is 60.5. The number of halogens is 1. The van der Waals surface area contributed by atoms with E-state index < -0.39 is 40.0 Å². The Balaban J connectivity index is 0.000000146. The monoisotopic (exact) mass is 1430 g/mol. The molecule has 5 amide bonds. The number of nitrogens with zero attached hydrogens (tertiary/aromatic N) is 20. The van der Waals surface area contributed by atoms with Crippen molar-refractivity contribution in [1.82, 2.24) is 73.7 Å². The van der Waals surface area contributed by atoms with Crippen molar-refractivity contribution in [1.29, 1.82) is 0 Å². The van der Waals surface area contributed by atoms with Crippen molar-refractivity contribution in [3.8, 4) is 46.1 Å². The quantitative estimate of drug-likeness (QED) is 0.138. The smallest absolute Gasteiger partial charge is 0.410 e. The molecule has 104 heavy (non-hydrogen) atoms. The Morgan fingerprint density at radius 1 is 0.481 bits per heavy atom. The fourth-order valence-corrected chi connectivity index (χ4v) is 14.3. The standard InChI is InChI=1S/C26H31N7O3.C22H25N7O.C17H24ClN5O3.C9H8N2.CH4/c1-6-26-17-31(24(35)36-25(2,3)4)14-15-33(26)21-19(30(5)22(26)34)16-28-23(29-21)32-13-12-27-20(32)18-10-8-7-9-11-18;1-4-22-15-26(2)12-13-29(22)19-17(27(3)20(22)30)14-24-21(25-19)28-11-10-23-18(28)16-8-6-5-7-9-16;1-6-17-10-22(15(25)26-16(2,3)4)7-8-23(17)12-11(21(5)13(17)24)9-19-14(18)20-12;1-2-4-8(5-3-1)9-10-6-7-11-9;/h7-13,16H,6,14-15,17H2,1-5H3;5-11,14H,4,12-13,15H2,1-3H3;9H,6-8,10H2,1-5H3;1-7H,(H,10,11);1H4. The molecule has 6 aromatic heterocycles. The van der Waals surface area contributed by atoms with Crippen LogP contribution in [0.3, 0.4) is 0 Å². The zero-order chi connectivity index (χ0) is 73.3. The summed E-state index contributed by atoms with van der Waals surface area (Å²) in [6.45, 7) is 21.5. The number of hydrogen-bond donors (Lipinski definition) is 1. The number of ether oxygens (including phenoxy) is 2. The van der Waals surface area contributed by atoms with Crippen LogP contribution in [0.4, 0.5) is 44.1 Å². The van der Waals surface area contributed by atoms with Crippen molar-refractivity contribution in [2.24, 2.45) is 0 Å². The minimum atomic E-state index is -0.945. The summed E-state index contributed by atoms with van der Waals surface area (Å²) in [5.41, 5.74) is 1.44. The van der Waals surface area contributed by atoms with Crippen LogP contribution in [0.15, 0.2) is 147 Å². The summed E-state index contributed by atoms with van der Waals surface area (Å²) in [7, 11) is 7.32. The number of imidazole rings is 3. The van der Waals surface area contributed by atoms with Crippen molar-refractivity contribution in [3.63, 3.8) is 0 Å². The number of H-pyrrole nitrogens is 1. The van der Waals surface area contributed by atoms with E-state index in [9.17, 15) is 24.0 Å². The highest BCUT2D eigenvalue weighted by atomic mass is 35.5. The molecule has 15 rings (SSSR count). The Kier molecular flexibility index (Phi) is 21.3. The van der Waals surface area contributed by atoms with E-state index in [0.717, 1.165) is 65.2 Å². The van der Waals surface area contributed by atoms with Gasteiger partial charge >= 0.3 is 12.2 Å². The second-order valence-electron chi connectivity index (χ2n) is 28.1. The molecule has 12 heterocycles. The maximum absolute atomic E-state index is 13.7. The van der Waals surface area contributed by atoms with Gasteiger partial charge in [0.15, 0.2) is 17.5 Å². The molecule has 3 aromatic carbocycles. The molecule has 3 saturated heterocycles. The van der Waals surface area contributed by atoms with E-state index in [1.54, 1.807) is 75.8 Å². The highest BCUT2D eigenvalue weighted by Crippen LogP contribution is 2.46. The van der Waals surface area contributed by atoms with E-state index in [1.165, 1.54) is 0 Å². The highest BCUT2D eigenvalue weighted by Gasteiger charge is 2.57. The van der Waals surface area contributed by atoms with Crippen molar-refractivity contribution < 1.29 is 33.4 Å². The molecule has 0 aliphatic carbocycles. The van der Waals surface area contributed by atoms with Crippen LogP contribution in [0.1, 0.15) is 89.0 Å². The predicted molar refractivity (Wildman–Crippen MR) is 401 cm³/mol. The van der Waals surface area contributed by atoms with Crippen LogP contribution in [0, 0.1) is 0 Å². The Morgan fingerprint density at radius 3 is 1.24 bits per heavy atom. The summed E-state index contributed by atoms with van der Waals surface area (Å²) in [4.78, 5) is 126. The number of piperazine rings is 3. The van der Waals surface area contributed by atoms with Gasteiger partial charge < -0.3 is 58.6 Å². The number of benzene rings is 3. The average Bonchev–Trinajstić information content (AvgIpc) is 0.788. The zero-order valence-corrected chi connectivity index (χ0v) is 61.3. The Hall–Kier alpha value is -10.9. The van der Waals surface area contributed by atoms with E-state index in [2.05, 4.69) is 63.6 Å². The third-order valence-electron chi connectivity index (χ3n) is 19.4. The number of likely N-dealkylation sites (N-methyl/N-ethyl adjacent to an activating group) is 4. The van der Waals surface area contributed by atoms with E-state index in [1.807, 2.05) is 191 Å². The molecule has 6 aliphatic rings. The first kappa shape index (κ1) is 74.3. The van der Waals surface area contributed by atoms with Crippen LogP contribution >= 0.6 is 11.6 Å². The van der Waals surface area contributed by atoms with Gasteiger partial charge in [0.1, 0.15) is 62.4 Å². The molecule has 546 valence electrons. The van der Waals surface area contributed by atoms with Gasteiger partial charge in [-0.25, -0.2) is 39.5 Å². The van der Waals surface area contributed by atoms with Crippen LogP contribution in [0.5, 0.6) is 0 Å². The lowest BCUT2D eigenvalue weighted by Gasteiger charge is -2.54. The summed E-state index contributed by atoms with van der Waals surface area (Å²) in [5.74, 6) is 5.48. The molecule has 0 radical (unpaired) electrons. The van der Waals surface area contributed by atoms with Gasteiger partial charge in [-0.1, -0.05) is 119 Å². The van der Waals surface area contributed by atoms with Gasteiger partial charge in [0.25, 0.3) is 17.7 Å². The van der Waals surface area contributed by atoms with E-state index >= 15 is 0 Å². The number of fused-ring (bicyclic) bond motifs is 9. The fraction of sp³-hybridized carbons (Fsp3) is 0.413. The van der Waals surface area contributed by atoms with Crippen molar-refractivity contribution in [2.75, 3.05) is 116 Å². The Morgan fingerprint density at radius 2 is 0.856 bits per heavy atom. The normalized spacial score (nSPS) is 19.8. The van der Waals surface area contributed by atoms with Crippen molar-refractivity contribution in [3.05, 3.63) is 152 Å². The second kappa shape index (κ2) is 29.8. The van der Waals surface area contributed by atoms with Crippen molar-refractivity contribution in [2.45, 2.75) is 117 Å². The van der Waals surface area contributed by atoms with Gasteiger partial charge in [-0.15, -0.1) is 0 Å². The van der Waals surface area contributed by atoms with Gasteiger partial charge in [0.2, 0.25) is 17.2 Å². The number of amides is 5. The first-order chi connectivity index (χ1) is 49.2. The third kappa shape index (κ3) is 14.2. The third-order valence-corrected chi connectivity index (χ3v) is 19.6. The molecule has 6 aliphatic heterocycles. The highest BCUT2D eigenvalue weighted by molar-refractivity contribution is 6.28. The fourth-order valence-electron chi connectivity index (χ4n) is 14.1. The molecule has 1 N–H and O–H groups in total. The van der Waals surface area contributed by atoms with E-state index in [-0.39, 0.29) is 43.5 Å². The summed E-state index contributed by atoms with van der Waals surface area (Å²) in [6, 6.07) is 29.9. The molecule has 0 saturated carbocycles. The Labute approximate surface area is 611 Å². The van der Waals surface area contributed by atoms with Crippen LogP contribution in [0.25, 0.3) is 46.1 Å². The maximum atomic E-state index is 13.7. The SMILES string of the molecule is C.CCC12CN(C(=O)OC(C)(C)C)CCN1c1nc(-n3ccnc3-c3ccccc3)ncc1N(C)C2=O.CCC12CN(C(=O)OC(C)(C)C)CCN1c1nc(Cl)ncc1N(C)C2=O.CCC12CN(C)CCN1c1nc(-n3ccnc3-c3ccccc3)ncc1N(C)C2=O.c1ccc(-c2ncc[nH]2)cc1. The number of anilines is 6. The van der Waals surface area contributed by atoms with Crippen molar-refractivity contribution >= 4 is 76.0 Å². The molecule has 9 aromatic rings. The summed E-state index contributed by atoms with van der Waals surface area (Å²) in [5, 5.41) is 0.131. The molecule has 3 fully saturated rings. The molecule has 28 nitrogen and oxygen atoms in total. The van der Waals surface area contributed by atoms with Gasteiger partial charge in [0.05, 0.1) is 31.7 Å². The van der Waals surface area contributed by atoms with E-state index in [4.69, 9.17) is 31.0 Å². The topological polar surface area (TPSA) is 275 Å². The second-order valence-corrected chi connectivity index (χ2v) is 28.5. The molecule has 3 unspecified atom stereocenters. The molecule has 0 spiro atoms. The Bertz CT molecular complexity index is 4550. The first-order valence-electron chi connectivity index (χ1n) is 34.6. The average molecular weight is 1440 g/mol. The summed E-state index contributed by atoms with van der Waals surface area (Å²) >= 11 is 6.00. The molecular weight excluding hydrogens is 1340 g/mol. The van der Waals surface area contributed by atoms with Crippen LogP contribution in [0.2, 0.25) is 5.28 Å². The summed E-state index contributed by atoms with van der Waals surface area (Å²) < 4.78 is 14.8. The van der Waals surface area contributed by atoms with Gasteiger partial charge in [0, 0.05) is 121 Å². The largest absolute Gasteiger partial charge is 0.444 e. The molecular formula is C75H92ClN21O7. The lowest BCUT2D eigenvalue weighted by atomic mass is 9.86. The van der Waals surface area contributed by atoms with Crippen LogP contribution in [-0.2, 0) is 23.9 Å². The summed E-state index contributed by atoms with van der Waals surface area (Å²) in [6.07, 6.45) is 16.7. The van der Waals surface area contributed by atoms with Gasteiger partial charge in [-0.05, 0) is 79.5 Å². The minimum Gasteiger partial charge on any atom is -0.444 e. The minimum absolute atomic E-state index is 0. The number of carbonyl (C=O) groups is 5. The number of rotatable bonds is 8. The van der Waals surface area contributed by atoms with E-state index in [0.29, 0.717) is 80.5 Å². The lowest BCUT2D eigenvalue weighted by molar-refractivity contribution is -0.126. The maximum Gasteiger partial charge on any atom is 0.410 e. The first-order valence-corrected chi connectivity index (χ1v) is 34.9. The molecule has 29 heteroatoms. The number of hydrogen-bond acceptors (Lipinski definition) is 20. The van der Waals surface area contributed by atoms with Crippen LogP contribution < -0.4 is 29.4 Å². The number of aromatic amines is 1. The molecule has 0 bridgehead atoms. The number of nitrogens with one attached hydrogen (secondary N) is 1. The van der Waals surface area contributed by atoms with Gasteiger partial charge in [-0.2, -0.15) is 15.0 Å².